The fourth-order valence-corrected chi connectivity index (χ4v) is 4.18. The van der Waals surface area contributed by atoms with E-state index in [0.29, 0.717) is 9.90 Å². The molecule has 2 rings (SSSR count). The number of sulfonamides is 1. The van der Waals surface area contributed by atoms with E-state index in [1.54, 1.807) is 0 Å². The van der Waals surface area contributed by atoms with Crippen molar-refractivity contribution in [3.05, 3.63) is 45.0 Å². The third kappa shape index (κ3) is 3.20. The Bertz CT molecular complexity index is 728. The van der Waals surface area contributed by atoms with Crippen molar-refractivity contribution in [1.82, 2.24) is 0 Å². The summed E-state index contributed by atoms with van der Waals surface area (Å²) in [5.74, 6) is -0.493. The van der Waals surface area contributed by atoms with Crippen molar-refractivity contribution in [3.8, 4) is 0 Å². The summed E-state index contributed by atoms with van der Waals surface area (Å²) in [6, 6.07) is 5.28. The van der Waals surface area contributed by atoms with Gasteiger partial charge in [-0.05, 0) is 36.8 Å². The fraction of sp³-hybridized carbons (Fsp3) is 0.0909. The Morgan fingerprint density at radius 2 is 1.95 bits per heavy atom. The Kier molecular flexibility index (Phi) is 4.06. The zero-order valence-electron chi connectivity index (χ0n) is 9.58. The van der Waals surface area contributed by atoms with Gasteiger partial charge < -0.3 is 0 Å². The lowest BCUT2D eigenvalue weighted by atomic mass is 10.2. The average Bonchev–Trinajstić information content (AvgIpc) is 2.73. The van der Waals surface area contributed by atoms with Gasteiger partial charge in [-0.15, -0.1) is 11.3 Å². The molecule has 8 heteroatoms. The van der Waals surface area contributed by atoms with E-state index in [0.717, 1.165) is 17.4 Å². The molecule has 0 fully saturated rings. The second-order valence-corrected chi connectivity index (χ2v) is 7.78. The highest BCUT2D eigenvalue weighted by atomic mass is 35.5. The number of aryl methyl sites for hydroxylation is 1. The van der Waals surface area contributed by atoms with E-state index in [-0.39, 0.29) is 14.9 Å². The Labute approximate surface area is 124 Å². The number of benzene rings is 1. The molecule has 0 aliphatic rings. The number of nitrogens with one attached hydrogen (secondary N) is 1. The minimum absolute atomic E-state index is 0.00525. The molecule has 1 heterocycles. The van der Waals surface area contributed by atoms with Crippen LogP contribution in [0, 0.1) is 12.7 Å². The number of hydrogen-bond acceptors (Lipinski definition) is 3. The fourth-order valence-electron chi connectivity index (χ4n) is 1.37. The Hall–Kier alpha value is -0.820. The highest BCUT2D eigenvalue weighted by Crippen LogP contribution is 2.30. The van der Waals surface area contributed by atoms with Crippen LogP contribution in [-0.4, -0.2) is 8.42 Å². The van der Waals surface area contributed by atoms with E-state index in [2.05, 4.69) is 4.72 Å². The van der Waals surface area contributed by atoms with Crippen LogP contribution in [0.2, 0.25) is 9.36 Å². The molecule has 0 aliphatic heterocycles. The number of thiophene rings is 1. The van der Waals surface area contributed by atoms with Crippen LogP contribution in [0.1, 0.15) is 5.56 Å². The van der Waals surface area contributed by atoms with Gasteiger partial charge in [-0.25, -0.2) is 12.8 Å². The number of halogens is 3. The van der Waals surface area contributed by atoms with Crippen molar-refractivity contribution < 1.29 is 12.8 Å². The molecule has 3 nitrogen and oxygen atoms in total. The molecular weight excluding hydrogens is 332 g/mol. The molecular formula is C11H8Cl2FNO2S2. The maximum absolute atomic E-state index is 13.2. The summed E-state index contributed by atoms with van der Waals surface area (Å²) in [5, 5.41) is -0.00525. The van der Waals surface area contributed by atoms with Gasteiger partial charge in [0.1, 0.15) is 10.0 Å². The molecule has 0 radical (unpaired) electrons. The summed E-state index contributed by atoms with van der Waals surface area (Å²) in [7, 11) is -3.77. The monoisotopic (exact) mass is 339 g/mol. The molecule has 0 aliphatic carbocycles. The summed E-state index contributed by atoms with van der Waals surface area (Å²) in [6.07, 6.45) is 0. The lowest BCUT2D eigenvalue weighted by Gasteiger charge is -2.09. The molecule has 0 saturated heterocycles. The molecule has 0 saturated carbocycles. The summed E-state index contributed by atoms with van der Waals surface area (Å²) in [6.45, 7) is 1.52. The zero-order chi connectivity index (χ0) is 14.2. The van der Waals surface area contributed by atoms with Crippen LogP contribution in [0.25, 0.3) is 0 Å². The van der Waals surface area contributed by atoms with E-state index in [9.17, 15) is 12.8 Å². The van der Waals surface area contributed by atoms with Crippen molar-refractivity contribution in [2.75, 3.05) is 4.72 Å². The first kappa shape index (κ1) is 14.6. The normalized spacial score (nSPS) is 11.6. The Morgan fingerprint density at radius 3 is 2.53 bits per heavy atom. The minimum Gasteiger partial charge on any atom is -0.277 e. The molecule has 19 heavy (non-hydrogen) atoms. The van der Waals surface area contributed by atoms with E-state index in [4.69, 9.17) is 23.2 Å². The van der Waals surface area contributed by atoms with Crippen LogP contribution in [0.3, 0.4) is 0 Å². The quantitative estimate of drug-likeness (QED) is 0.905. The average molecular weight is 340 g/mol. The Balaban J connectivity index is 2.38. The maximum atomic E-state index is 13.2. The maximum Gasteiger partial charge on any atom is 0.271 e. The van der Waals surface area contributed by atoms with Crippen molar-refractivity contribution >= 4 is 50.2 Å². The third-order valence-electron chi connectivity index (χ3n) is 2.31. The van der Waals surface area contributed by atoms with E-state index < -0.39 is 15.8 Å². The molecule has 0 amide bonds. The SMILES string of the molecule is Cc1cc(NS(=O)(=O)c2ccc(Cl)s2)c(Cl)cc1F. The van der Waals surface area contributed by atoms with Crippen LogP contribution in [0.4, 0.5) is 10.1 Å². The largest absolute Gasteiger partial charge is 0.277 e. The van der Waals surface area contributed by atoms with Gasteiger partial charge in [-0.2, -0.15) is 0 Å². The molecule has 1 aromatic heterocycles. The van der Waals surface area contributed by atoms with Gasteiger partial charge in [0.25, 0.3) is 10.0 Å². The first-order chi connectivity index (χ1) is 8.79. The second kappa shape index (κ2) is 5.28. The van der Waals surface area contributed by atoms with Crippen LogP contribution in [0.15, 0.2) is 28.5 Å². The van der Waals surface area contributed by atoms with Crippen LogP contribution < -0.4 is 4.72 Å². The summed E-state index contributed by atoms with van der Waals surface area (Å²) in [5.41, 5.74) is 0.427. The molecule has 0 atom stereocenters. The van der Waals surface area contributed by atoms with E-state index >= 15 is 0 Å². The smallest absolute Gasteiger partial charge is 0.271 e. The zero-order valence-corrected chi connectivity index (χ0v) is 12.7. The number of hydrogen-bond donors (Lipinski definition) is 1. The summed E-state index contributed by atoms with van der Waals surface area (Å²) in [4.78, 5) is 0. The highest BCUT2D eigenvalue weighted by molar-refractivity contribution is 7.94. The first-order valence-electron chi connectivity index (χ1n) is 5.03. The van der Waals surface area contributed by atoms with Crippen LogP contribution in [-0.2, 0) is 10.0 Å². The predicted molar refractivity (Wildman–Crippen MR) is 76.3 cm³/mol. The molecule has 1 N–H and O–H groups in total. The summed E-state index contributed by atoms with van der Waals surface area (Å²) < 4.78 is 40.1. The lowest BCUT2D eigenvalue weighted by molar-refractivity contribution is 0.602. The van der Waals surface area contributed by atoms with Gasteiger partial charge in [-0.1, -0.05) is 23.2 Å². The van der Waals surface area contributed by atoms with Gasteiger partial charge in [-0.3, -0.25) is 4.72 Å². The highest BCUT2D eigenvalue weighted by Gasteiger charge is 2.18. The third-order valence-corrected chi connectivity index (χ3v) is 5.71. The molecule has 0 spiro atoms. The Morgan fingerprint density at radius 1 is 1.26 bits per heavy atom. The minimum atomic E-state index is -3.77. The van der Waals surface area contributed by atoms with E-state index in [1.165, 1.54) is 25.1 Å². The molecule has 0 bridgehead atoms. The van der Waals surface area contributed by atoms with Crippen LogP contribution >= 0.6 is 34.5 Å². The van der Waals surface area contributed by atoms with Gasteiger partial charge in [0, 0.05) is 0 Å². The van der Waals surface area contributed by atoms with Crippen LogP contribution in [0.5, 0.6) is 0 Å². The van der Waals surface area contributed by atoms with Gasteiger partial charge in [0.05, 0.1) is 15.0 Å². The number of rotatable bonds is 3. The van der Waals surface area contributed by atoms with Gasteiger partial charge in [0.15, 0.2) is 0 Å². The molecule has 102 valence electrons. The van der Waals surface area contributed by atoms with Crippen molar-refractivity contribution in [2.45, 2.75) is 11.1 Å². The first-order valence-corrected chi connectivity index (χ1v) is 8.09. The van der Waals surface area contributed by atoms with Crippen molar-refractivity contribution in [3.63, 3.8) is 0 Å². The van der Waals surface area contributed by atoms with Gasteiger partial charge in [0.2, 0.25) is 0 Å². The molecule has 1 aromatic carbocycles. The van der Waals surface area contributed by atoms with Crippen molar-refractivity contribution in [2.24, 2.45) is 0 Å². The standard InChI is InChI=1S/C11H8Cl2FNO2S2/c1-6-4-9(7(12)5-8(6)14)15-19(16,17)11-3-2-10(13)18-11/h2-5,15H,1H3. The predicted octanol–water partition coefficient (Wildman–Crippen LogP) is 4.30. The molecule has 2 aromatic rings. The van der Waals surface area contributed by atoms with E-state index in [1.807, 2.05) is 0 Å². The number of anilines is 1. The lowest BCUT2D eigenvalue weighted by Crippen LogP contribution is -2.12. The summed E-state index contributed by atoms with van der Waals surface area (Å²) >= 11 is 12.4. The van der Waals surface area contributed by atoms with Gasteiger partial charge >= 0.3 is 0 Å². The van der Waals surface area contributed by atoms with Crippen molar-refractivity contribution in [1.29, 1.82) is 0 Å². The topological polar surface area (TPSA) is 46.2 Å². The molecule has 0 unspecified atom stereocenters. The second-order valence-electron chi connectivity index (χ2n) is 3.75.